The Morgan fingerprint density at radius 3 is 2.59 bits per heavy atom. The maximum absolute atomic E-state index is 12.9. The van der Waals surface area contributed by atoms with Gasteiger partial charge in [0.2, 0.25) is 5.91 Å². The number of carbonyl (C=O) groups is 2. The van der Waals surface area contributed by atoms with E-state index in [4.69, 9.17) is 4.99 Å². The van der Waals surface area contributed by atoms with Crippen LogP contribution in [0.3, 0.4) is 0 Å². The van der Waals surface area contributed by atoms with Crippen molar-refractivity contribution in [3.05, 3.63) is 59.9 Å². The molecule has 206 valence electrons. The summed E-state index contributed by atoms with van der Waals surface area (Å²) in [7, 11) is -0.871. The highest BCUT2D eigenvalue weighted by Gasteiger charge is 2.39. The Kier molecular flexibility index (Phi) is 12.0. The lowest BCUT2D eigenvalue weighted by molar-refractivity contribution is -0.126. The lowest BCUT2D eigenvalue weighted by Crippen LogP contribution is -2.41. The summed E-state index contributed by atoms with van der Waals surface area (Å²) in [5.41, 5.74) is 2.37. The molecule has 3 atom stereocenters. The number of hydrogen-bond donors (Lipinski definition) is 4. The van der Waals surface area contributed by atoms with E-state index in [1.165, 1.54) is 0 Å². The minimum atomic E-state index is -2.88. The molecule has 2 rings (SSSR count). The lowest BCUT2D eigenvalue weighted by Gasteiger charge is -2.29. The van der Waals surface area contributed by atoms with Crippen molar-refractivity contribution in [1.29, 1.82) is 0 Å². The van der Waals surface area contributed by atoms with Crippen LogP contribution in [0.4, 0.5) is 0 Å². The van der Waals surface area contributed by atoms with Gasteiger partial charge in [-0.2, -0.15) is 10.6 Å². The number of amides is 2. The third kappa shape index (κ3) is 8.81. The quantitative estimate of drug-likeness (QED) is 0.160. The number of rotatable bonds is 13. The molecule has 8 nitrogen and oxygen atoms in total. The molecule has 2 heterocycles. The molecule has 37 heavy (non-hydrogen) atoms. The summed E-state index contributed by atoms with van der Waals surface area (Å²) >= 11 is 0. The minimum Gasteiger partial charge on any atom is -0.354 e. The molecular weight excluding hydrogens is 488 g/mol. The Morgan fingerprint density at radius 1 is 1.22 bits per heavy atom. The van der Waals surface area contributed by atoms with Crippen molar-refractivity contribution in [2.75, 3.05) is 38.2 Å². The van der Waals surface area contributed by atoms with Crippen LogP contribution >= 0.6 is 10.6 Å². The van der Waals surface area contributed by atoms with Crippen LogP contribution in [0.1, 0.15) is 40.5 Å². The van der Waals surface area contributed by atoms with Gasteiger partial charge in [0.15, 0.2) is 0 Å². The summed E-state index contributed by atoms with van der Waals surface area (Å²) in [5.74, 6) is -0.567. The third-order valence-corrected chi connectivity index (χ3v) is 8.22. The summed E-state index contributed by atoms with van der Waals surface area (Å²) in [6, 6.07) is -0.205. The number of nitrogens with zero attached hydrogens (tertiary/aromatic N) is 2. The second-order valence-electron chi connectivity index (χ2n) is 9.60. The van der Waals surface area contributed by atoms with Gasteiger partial charge >= 0.3 is 0 Å². The van der Waals surface area contributed by atoms with Crippen molar-refractivity contribution in [3.63, 3.8) is 0 Å². The molecule has 0 aromatic rings. The van der Waals surface area contributed by atoms with Crippen LogP contribution in [0.25, 0.3) is 0 Å². The van der Waals surface area contributed by atoms with E-state index in [0.717, 1.165) is 25.9 Å². The lowest BCUT2D eigenvalue weighted by atomic mass is 9.87. The molecule has 4 N–H and O–H groups in total. The SMILES string of the molecule is C=CCCC=CCS(O)(O)CC=C1C(=CC)NC(=O)C1=CC1=NC(C)C(C(=O)NCCN(C)CC)C1C. The maximum atomic E-state index is 12.9. The minimum absolute atomic E-state index is 0.0301. The van der Waals surface area contributed by atoms with E-state index in [9.17, 15) is 18.7 Å². The standard InChI is InChI=1S/C28H44N4O4S/c1-7-10-11-12-13-17-37(35,36)18-14-22-23(27(33)31-24(22)8-2)19-25-20(4)26(21(5)30-25)28(34)29-15-16-32(6)9-3/h7-8,12-14,19-21,26,35-36H,1,9-11,15-18H2,2-6H3,(H,29,34)(H,31,33). The molecule has 2 aliphatic rings. The van der Waals surface area contributed by atoms with Crippen molar-refractivity contribution in [1.82, 2.24) is 15.5 Å². The van der Waals surface area contributed by atoms with Crippen LogP contribution < -0.4 is 10.6 Å². The van der Waals surface area contributed by atoms with Gasteiger partial charge in [0.05, 0.1) is 29.0 Å². The van der Waals surface area contributed by atoms with E-state index in [2.05, 4.69) is 29.0 Å². The zero-order valence-corrected chi connectivity index (χ0v) is 23.7. The van der Waals surface area contributed by atoms with Crippen molar-refractivity contribution >= 4 is 28.1 Å². The monoisotopic (exact) mass is 532 g/mol. The second-order valence-corrected chi connectivity index (χ2v) is 11.9. The summed E-state index contributed by atoms with van der Waals surface area (Å²) in [4.78, 5) is 32.6. The smallest absolute Gasteiger partial charge is 0.256 e. The van der Waals surface area contributed by atoms with Crippen LogP contribution in [-0.2, 0) is 9.59 Å². The summed E-state index contributed by atoms with van der Waals surface area (Å²) in [6.07, 6.45) is 12.4. The normalized spacial score (nSPS) is 25.9. The van der Waals surface area contributed by atoms with Crippen molar-refractivity contribution < 1.29 is 18.7 Å². The Labute approximate surface area is 223 Å². The van der Waals surface area contributed by atoms with Gasteiger partial charge in [-0.3, -0.25) is 23.7 Å². The number of nitrogens with one attached hydrogen (secondary N) is 2. The Hall–Kier alpha value is -2.46. The van der Waals surface area contributed by atoms with E-state index in [1.807, 2.05) is 40.0 Å². The molecule has 1 saturated heterocycles. The van der Waals surface area contributed by atoms with Gasteiger partial charge in [-0.1, -0.05) is 44.2 Å². The molecule has 0 radical (unpaired) electrons. The largest absolute Gasteiger partial charge is 0.354 e. The first kappa shape index (κ1) is 30.8. The van der Waals surface area contributed by atoms with Gasteiger partial charge in [-0.05, 0) is 46.4 Å². The topological polar surface area (TPSA) is 114 Å². The van der Waals surface area contributed by atoms with Crippen LogP contribution in [-0.4, -0.2) is 75.8 Å². The summed E-state index contributed by atoms with van der Waals surface area (Å²) in [5, 5.41) is 5.88. The molecule has 0 aromatic carbocycles. The van der Waals surface area contributed by atoms with Gasteiger partial charge in [0.1, 0.15) is 0 Å². The Morgan fingerprint density at radius 2 is 1.95 bits per heavy atom. The van der Waals surface area contributed by atoms with Gasteiger partial charge in [0, 0.05) is 36.0 Å². The maximum Gasteiger partial charge on any atom is 0.256 e. The number of unbranched alkanes of at least 4 members (excludes halogenated alkanes) is 1. The van der Waals surface area contributed by atoms with E-state index in [1.54, 1.807) is 24.3 Å². The van der Waals surface area contributed by atoms with E-state index >= 15 is 0 Å². The summed E-state index contributed by atoms with van der Waals surface area (Å²) in [6.45, 7) is 13.7. The fourth-order valence-corrected chi connectivity index (χ4v) is 5.41. The molecule has 1 fully saturated rings. The second kappa shape index (κ2) is 14.5. The zero-order chi connectivity index (χ0) is 27.6. The first-order valence-corrected chi connectivity index (χ1v) is 14.9. The zero-order valence-electron chi connectivity index (χ0n) is 22.9. The molecule has 2 aliphatic heterocycles. The van der Waals surface area contributed by atoms with E-state index in [0.29, 0.717) is 29.1 Å². The summed E-state index contributed by atoms with van der Waals surface area (Å²) < 4.78 is 21.1. The average Bonchev–Trinajstić information content (AvgIpc) is 3.31. The van der Waals surface area contributed by atoms with Crippen molar-refractivity contribution in [2.24, 2.45) is 16.8 Å². The number of carbonyl (C=O) groups excluding carboxylic acids is 2. The first-order valence-electron chi connectivity index (χ1n) is 13.0. The van der Waals surface area contributed by atoms with Gasteiger partial charge in [0.25, 0.3) is 5.91 Å². The van der Waals surface area contributed by atoms with E-state index < -0.39 is 10.6 Å². The molecule has 0 aliphatic carbocycles. The predicted molar refractivity (Wildman–Crippen MR) is 155 cm³/mol. The van der Waals surface area contributed by atoms with Gasteiger partial charge < -0.3 is 15.5 Å². The van der Waals surface area contributed by atoms with Crippen molar-refractivity contribution in [2.45, 2.75) is 46.6 Å². The number of likely N-dealkylation sites (N-methyl/N-ethyl adjacent to an activating group) is 1. The highest BCUT2D eigenvalue weighted by molar-refractivity contribution is 8.24. The number of allylic oxidation sites excluding steroid dienone is 5. The molecule has 0 bridgehead atoms. The highest BCUT2D eigenvalue weighted by Crippen LogP contribution is 2.40. The van der Waals surface area contributed by atoms with Crippen LogP contribution in [0.15, 0.2) is 64.9 Å². The molecule has 2 amide bonds. The number of hydrogen-bond acceptors (Lipinski definition) is 6. The highest BCUT2D eigenvalue weighted by atomic mass is 32.3. The molecular formula is C28H44N4O4S. The fraction of sp³-hybridized carbons (Fsp3) is 0.536. The van der Waals surface area contributed by atoms with Crippen molar-refractivity contribution in [3.8, 4) is 0 Å². The average molecular weight is 533 g/mol. The predicted octanol–water partition coefficient (Wildman–Crippen LogP) is 4.31. The van der Waals surface area contributed by atoms with Gasteiger partial charge in [-0.15, -0.1) is 6.58 Å². The first-order chi connectivity index (χ1) is 17.5. The molecule has 0 spiro atoms. The number of aliphatic imine (C=N–C) groups is 1. The third-order valence-electron chi connectivity index (χ3n) is 6.79. The molecule has 9 heteroatoms. The van der Waals surface area contributed by atoms with E-state index in [-0.39, 0.29) is 41.2 Å². The molecule has 0 saturated carbocycles. The Bertz CT molecular complexity index is 996. The molecule has 3 unspecified atom stereocenters. The van der Waals surface area contributed by atoms with Crippen LogP contribution in [0.5, 0.6) is 0 Å². The van der Waals surface area contributed by atoms with Gasteiger partial charge in [-0.25, -0.2) is 0 Å². The van der Waals surface area contributed by atoms with Crippen LogP contribution in [0.2, 0.25) is 0 Å². The fourth-order valence-electron chi connectivity index (χ4n) is 4.40. The van der Waals surface area contributed by atoms with Crippen LogP contribution in [0, 0.1) is 11.8 Å². The molecule has 0 aromatic heterocycles. The Balaban J connectivity index is 2.17.